The molecule has 0 aliphatic heterocycles. The molecule has 2 aromatic rings. The van der Waals surface area contributed by atoms with Gasteiger partial charge in [0.15, 0.2) is 0 Å². The highest BCUT2D eigenvalue weighted by Crippen LogP contribution is 2.19. The first-order valence-electron chi connectivity index (χ1n) is 9.12. The quantitative estimate of drug-likeness (QED) is 0.592. The Morgan fingerprint density at radius 2 is 1.69 bits per heavy atom. The Bertz CT molecular complexity index is 884. The second-order valence-electron chi connectivity index (χ2n) is 6.78. The van der Waals surface area contributed by atoms with Crippen molar-refractivity contribution in [1.82, 2.24) is 15.5 Å². The molecule has 0 radical (unpaired) electrons. The number of benzene rings is 2. The highest BCUT2D eigenvalue weighted by Gasteiger charge is 2.14. The summed E-state index contributed by atoms with van der Waals surface area (Å²) in [5.74, 6) is -0.673. The van der Waals surface area contributed by atoms with E-state index in [9.17, 15) is 14.4 Å². The molecular formula is C21H25BrN4O3. The fourth-order valence-electron chi connectivity index (χ4n) is 2.50. The van der Waals surface area contributed by atoms with Gasteiger partial charge in [-0.25, -0.2) is 4.79 Å². The van der Waals surface area contributed by atoms with Crippen LogP contribution in [0.2, 0.25) is 0 Å². The van der Waals surface area contributed by atoms with E-state index in [-0.39, 0.29) is 24.9 Å². The number of hydrogen-bond acceptors (Lipinski definition) is 3. The number of carbonyl (C=O) groups is 3. The molecule has 8 heteroatoms. The number of aryl methyl sites for hydroxylation is 2. The fraction of sp³-hybridized carbons (Fsp3) is 0.286. The second kappa shape index (κ2) is 10.6. The van der Waals surface area contributed by atoms with Crippen LogP contribution in [0.5, 0.6) is 0 Å². The second-order valence-corrected chi connectivity index (χ2v) is 7.69. The molecule has 0 saturated heterocycles. The van der Waals surface area contributed by atoms with E-state index in [0.717, 1.165) is 21.2 Å². The van der Waals surface area contributed by atoms with Crippen molar-refractivity contribution in [2.24, 2.45) is 0 Å². The SMILES string of the molecule is Cc1ccc(CNC(=O)NCC(=O)N(C)CC(=O)Nc2ccc(Br)cc2C)cc1. The summed E-state index contributed by atoms with van der Waals surface area (Å²) in [6, 6.07) is 12.9. The van der Waals surface area contributed by atoms with E-state index in [4.69, 9.17) is 0 Å². The Labute approximate surface area is 179 Å². The highest BCUT2D eigenvalue weighted by atomic mass is 79.9. The third kappa shape index (κ3) is 7.57. The Morgan fingerprint density at radius 1 is 1.00 bits per heavy atom. The number of hydrogen-bond donors (Lipinski definition) is 3. The molecule has 0 heterocycles. The average molecular weight is 461 g/mol. The van der Waals surface area contributed by atoms with E-state index in [1.807, 2.05) is 50.2 Å². The predicted molar refractivity (Wildman–Crippen MR) is 117 cm³/mol. The van der Waals surface area contributed by atoms with Crippen LogP contribution in [0.3, 0.4) is 0 Å². The van der Waals surface area contributed by atoms with Crippen LogP contribution in [0.25, 0.3) is 0 Å². The first-order valence-corrected chi connectivity index (χ1v) is 9.91. The number of anilines is 1. The lowest BCUT2D eigenvalue weighted by atomic mass is 10.1. The Morgan fingerprint density at radius 3 is 2.34 bits per heavy atom. The Kier molecular flexibility index (Phi) is 8.21. The number of nitrogens with zero attached hydrogens (tertiary/aromatic N) is 1. The van der Waals surface area contributed by atoms with Crippen molar-refractivity contribution in [3.63, 3.8) is 0 Å². The van der Waals surface area contributed by atoms with Gasteiger partial charge in [-0.3, -0.25) is 9.59 Å². The van der Waals surface area contributed by atoms with E-state index in [1.54, 1.807) is 6.07 Å². The minimum atomic E-state index is -0.442. The number of amides is 4. The first-order chi connectivity index (χ1) is 13.7. The summed E-state index contributed by atoms with van der Waals surface area (Å²) in [6.07, 6.45) is 0. The zero-order chi connectivity index (χ0) is 21.4. The van der Waals surface area contributed by atoms with Crippen LogP contribution in [0.15, 0.2) is 46.9 Å². The molecule has 29 heavy (non-hydrogen) atoms. The molecule has 0 unspecified atom stereocenters. The number of nitrogens with one attached hydrogen (secondary N) is 3. The van der Waals surface area contributed by atoms with Gasteiger partial charge in [0, 0.05) is 23.8 Å². The van der Waals surface area contributed by atoms with E-state index in [1.165, 1.54) is 11.9 Å². The molecule has 0 spiro atoms. The smallest absolute Gasteiger partial charge is 0.315 e. The van der Waals surface area contributed by atoms with Crippen molar-refractivity contribution >= 4 is 39.5 Å². The minimum Gasteiger partial charge on any atom is -0.335 e. The fourth-order valence-corrected chi connectivity index (χ4v) is 2.98. The van der Waals surface area contributed by atoms with Crippen molar-refractivity contribution < 1.29 is 14.4 Å². The predicted octanol–water partition coefficient (Wildman–Crippen LogP) is 2.96. The summed E-state index contributed by atoms with van der Waals surface area (Å²) in [5, 5.41) is 7.98. The maximum Gasteiger partial charge on any atom is 0.315 e. The van der Waals surface area contributed by atoms with Gasteiger partial charge in [0.05, 0.1) is 13.1 Å². The summed E-state index contributed by atoms with van der Waals surface area (Å²) < 4.78 is 0.923. The number of carbonyl (C=O) groups excluding carboxylic acids is 3. The maximum atomic E-state index is 12.2. The van der Waals surface area contributed by atoms with E-state index in [2.05, 4.69) is 31.9 Å². The Balaban J connectivity index is 1.72. The van der Waals surface area contributed by atoms with E-state index >= 15 is 0 Å². The summed E-state index contributed by atoms with van der Waals surface area (Å²) in [7, 11) is 1.52. The van der Waals surface area contributed by atoms with Gasteiger partial charge < -0.3 is 20.9 Å². The number of likely N-dealkylation sites (N-methyl/N-ethyl adjacent to an activating group) is 1. The maximum absolute atomic E-state index is 12.2. The van der Waals surface area contributed by atoms with E-state index < -0.39 is 6.03 Å². The standard InChI is InChI=1S/C21H25BrN4O3/c1-14-4-6-16(7-5-14)11-23-21(29)24-12-20(28)26(3)13-19(27)25-18-9-8-17(22)10-15(18)2/h4-10H,11-13H2,1-3H3,(H,25,27)(H2,23,24,29). The lowest BCUT2D eigenvalue weighted by Gasteiger charge is -2.18. The van der Waals surface area contributed by atoms with Crippen LogP contribution in [-0.2, 0) is 16.1 Å². The summed E-state index contributed by atoms with van der Waals surface area (Å²) >= 11 is 3.37. The summed E-state index contributed by atoms with van der Waals surface area (Å²) in [6.45, 7) is 3.94. The van der Waals surface area contributed by atoms with Crippen LogP contribution in [-0.4, -0.2) is 42.9 Å². The van der Waals surface area contributed by atoms with Gasteiger partial charge in [-0.2, -0.15) is 0 Å². The topological polar surface area (TPSA) is 90.5 Å². The molecule has 0 aromatic heterocycles. The third-order valence-corrected chi connectivity index (χ3v) is 4.74. The molecular weight excluding hydrogens is 436 g/mol. The normalized spacial score (nSPS) is 10.2. The third-order valence-electron chi connectivity index (χ3n) is 4.24. The molecule has 0 saturated carbocycles. The summed E-state index contributed by atoms with van der Waals surface area (Å²) in [4.78, 5) is 37.5. The van der Waals surface area contributed by atoms with Gasteiger partial charge >= 0.3 is 6.03 Å². The van der Waals surface area contributed by atoms with Gasteiger partial charge in [-0.05, 0) is 43.2 Å². The van der Waals surface area contributed by atoms with Gasteiger partial charge in [-0.1, -0.05) is 45.8 Å². The number of rotatable bonds is 7. The minimum absolute atomic E-state index is 0.110. The lowest BCUT2D eigenvalue weighted by molar-refractivity contribution is -0.132. The van der Waals surface area contributed by atoms with Gasteiger partial charge in [0.2, 0.25) is 11.8 Å². The molecule has 2 rings (SSSR count). The highest BCUT2D eigenvalue weighted by molar-refractivity contribution is 9.10. The van der Waals surface area contributed by atoms with Crippen molar-refractivity contribution in [3.8, 4) is 0 Å². The van der Waals surface area contributed by atoms with Crippen LogP contribution in [0, 0.1) is 13.8 Å². The Hall–Kier alpha value is -2.87. The molecule has 0 aliphatic rings. The lowest BCUT2D eigenvalue weighted by Crippen LogP contribution is -2.44. The molecule has 0 aliphatic carbocycles. The molecule has 4 amide bonds. The molecule has 0 bridgehead atoms. The average Bonchev–Trinajstić information content (AvgIpc) is 2.67. The molecule has 0 atom stereocenters. The van der Waals surface area contributed by atoms with Crippen LogP contribution >= 0.6 is 15.9 Å². The van der Waals surface area contributed by atoms with Crippen molar-refractivity contribution in [3.05, 3.63) is 63.6 Å². The van der Waals surface area contributed by atoms with Gasteiger partial charge in [0.1, 0.15) is 0 Å². The van der Waals surface area contributed by atoms with Crippen LogP contribution < -0.4 is 16.0 Å². The molecule has 3 N–H and O–H groups in total. The molecule has 7 nitrogen and oxygen atoms in total. The monoisotopic (exact) mass is 460 g/mol. The van der Waals surface area contributed by atoms with Gasteiger partial charge in [0.25, 0.3) is 0 Å². The molecule has 0 fully saturated rings. The van der Waals surface area contributed by atoms with Crippen molar-refractivity contribution in [2.75, 3.05) is 25.5 Å². The summed E-state index contributed by atoms with van der Waals surface area (Å²) in [5.41, 5.74) is 3.71. The zero-order valence-corrected chi connectivity index (χ0v) is 18.3. The number of halogens is 1. The number of urea groups is 1. The van der Waals surface area contributed by atoms with E-state index in [0.29, 0.717) is 12.2 Å². The molecule has 2 aromatic carbocycles. The van der Waals surface area contributed by atoms with Crippen LogP contribution in [0.1, 0.15) is 16.7 Å². The zero-order valence-electron chi connectivity index (χ0n) is 16.7. The largest absolute Gasteiger partial charge is 0.335 e. The van der Waals surface area contributed by atoms with Crippen LogP contribution in [0.4, 0.5) is 10.5 Å². The van der Waals surface area contributed by atoms with Crippen molar-refractivity contribution in [1.29, 1.82) is 0 Å². The van der Waals surface area contributed by atoms with Crippen molar-refractivity contribution in [2.45, 2.75) is 20.4 Å². The molecule has 154 valence electrons. The first kappa shape index (κ1) is 22.4. The van der Waals surface area contributed by atoms with Gasteiger partial charge in [-0.15, -0.1) is 0 Å².